The number of pyridine rings is 1. The van der Waals surface area contributed by atoms with Gasteiger partial charge >= 0.3 is 6.01 Å². The van der Waals surface area contributed by atoms with Crippen LogP contribution in [0.3, 0.4) is 0 Å². The third-order valence-electron chi connectivity index (χ3n) is 12.4. The second kappa shape index (κ2) is 14.3. The molecule has 8 rings (SSSR count). The Hall–Kier alpha value is -4.35. The van der Waals surface area contributed by atoms with Crippen LogP contribution in [0, 0.1) is 35.3 Å². The number of piperidine rings is 1. The van der Waals surface area contributed by atoms with Gasteiger partial charge in [0.2, 0.25) is 5.88 Å². The number of aromatic nitrogens is 3. The maximum absolute atomic E-state index is 17.3. The van der Waals surface area contributed by atoms with Gasteiger partial charge in [-0.1, -0.05) is 18.4 Å². The fourth-order valence-electron chi connectivity index (χ4n) is 9.89. The Balaban J connectivity index is 1.22. The smallest absolute Gasteiger partial charge is 0.319 e. The van der Waals surface area contributed by atoms with E-state index in [9.17, 15) is 10.2 Å². The van der Waals surface area contributed by atoms with Crippen LogP contribution < -0.4 is 14.4 Å². The van der Waals surface area contributed by atoms with Crippen LogP contribution in [-0.4, -0.2) is 108 Å². The Labute approximate surface area is 320 Å². The number of phenolic OH excluding ortho intramolecular Hbond substituents is 1. The first-order valence-corrected chi connectivity index (χ1v) is 19.2. The highest BCUT2D eigenvalue weighted by atomic mass is 19.1. The van der Waals surface area contributed by atoms with Gasteiger partial charge in [-0.15, -0.1) is 6.42 Å². The van der Waals surface area contributed by atoms with Gasteiger partial charge in [0.25, 0.3) is 0 Å². The number of benzene rings is 2. The Kier molecular flexibility index (Phi) is 9.77. The molecule has 0 bridgehead atoms. The molecule has 292 valence electrons. The van der Waals surface area contributed by atoms with Crippen molar-refractivity contribution in [2.75, 3.05) is 65.1 Å². The van der Waals surface area contributed by atoms with Gasteiger partial charge in [-0.05, 0) is 88.4 Å². The first kappa shape index (κ1) is 37.6. The van der Waals surface area contributed by atoms with Crippen molar-refractivity contribution in [3.8, 4) is 41.2 Å². The molecule has 2 aromatic carbocycles. The van der Waals surface area contributed by atoms with Gasteiger partial charge in [-0.2, -0.15) is 9.97 Å². The van der Waals surface area contributed by atoms with Crippen molar-refractivity contribution in [3.05, 3.63) is 41.5 Å². The molecule has 3 unspecified atom stereocenters. The fraction of sp³-hybridized carbons (Fsp3) is 0.548. The highest BCUT2D eigenvalue weighted by molar-refractivity contribution is 6.04. The van der Waals surface area contributed by atoms with Crippen molar-refractivity contribution in [1.82, 2.24) is 19.9 Å². The van der Waals surface area contributed by atoms with Gasteiger partial charge in [-0.3, -0.25) is 4.90 Å². The lowest BCUT2D eigenvalue weighted by molar-refractivity contribution is -0.106. The Bertz CT molecular complexity index is 2170. The maximum Gasteiger partial charge on any atom is 0.319 e. The highest BCUT2D eigenvalue weighted by Gasteiger charge is 2.50. The quantitative estimate of drug-likeness (QED) is 0.189. The number of nitrogens with zero attached hydrogens (tertiary/aromatic N) is 5. The Morgan fingerprint density at radius 2 is 1.85 bits per heavy atom. The number of terminal acetylenes is 1. The largest absolute Gasteiger partial charge is 0.508 e. The molecular formula is C42H49F2N5O6. The molecule has 55 heavy (non-hydrogen) atoms. The molecule has 2 saturated heterocycles. The van der Waals surface area contributed by atoms with E-state index in [0.29, 0.717) is 30.5 Å². The summed E-state index contributed by atoms with van der Waals surface area (Å²) >= 11 is 0. The Morgan fingerprint density at radius 1 is 1.05 bits per heavy atom. The SMILES string of the molecule is C#Cc1c(F)ccc2cc(O)cc(-c3nc(OC)c4c(N5CCOCC(C)(O)C5)nc(OCC56CCCC5N(CC5CC(C)(OC)C5)CCC6)nc4c3F)c12. The number of anilines is 1. The molecule has 4 aliphatic rings. The van der Waals surface area contributed by atoms with Gasteiger partial charge in [0, 0.05) is 42.6 Å². The first-order chi connectivity index (χ1) is 26.4. The molecule has 13 heteroatoms. The number of halogens is 2. The molecule has 11 nitrogen and oxygen atoms in total. The number of methoxy groups -OCH3 is 2. The average Bonchev–Trinajstić information content (AvgIpc) is 3.50. The molecule has 3 atom stereocenters. The number of hydrogen-bond donors (Lipinski definition) is 2. The Morgan fingerprint density at radius 3 is 2.62 bits per heavy atom. The van der Waals surface area contributed by atoms with Crippen LogP contribution in [0.2, 0.25) is 0 Å². The van der Waals surface area contributed by atoms with Gasteiger partial charge in [-0.25, -0.2) is 13.8 Å². The summed E-state index contributed by atoms with van der Waals surface area (Å²) in [4.78, 5) is 18.7. The third kappa shape index (κ3) is 6.81. The van der Waals surface area contributed by atoms with Crippen molar-refractivity contribution < 1.29 is 37.9 Å². The molecule has 2 aromatic heterocycles. The van der Waals surface area contributed by atoms with Crippen LogP contribution in [0.1, 0.15) is 64.4 Å². The summed E-state index contributed by atoms with van der Waals surface area (Å²) in [5, 5.41) is 22.7. The lowest BCUT2D eigenvalue weighted by Gasteiger charge is -2.51. The molecule has 4 heterocycles. The second-order valence-electron chi connectivity index (χ2n) is 16.6. The topological polar surface area (TPSA) is 123 Å². The fourth-order valence-corrected chi connectivity index (χ4v) is 9.89. The summed E-state index contributed by atoms with van der Waals surface area (Å²) in [7, 11) is 3.20. The van der Waals surface area contributed by atoms with Gasteiger partial charge in [0.15, 0.2) is 5.82 Å². The number of aromatic hydroxyl groups is 1. The zero-order valence-corrected chi connectivity index (χ0v) is 32.0. The third-order valence-corrected chi connectivity index (χ3v) is 12.4. The molecule has 2 aliphatic heterocycles. The highest BCUT2D eigenvalue weighted by Crippen LogP contribution is 2.50. The molecule has 2 aliphatic carbocycles. The summed E-state index contributed by atoms with van der Waals surface area (Å²) in [5.74, 6) is 1.54. The lowest BCUT2D eigenvalue weighted by atomic mass is 9.70. The number of aliphatic hydroxyl groups is 1. The van der Waals surface area contributed by atoms with E-state index in [-0.39, 0.29) is 87.3 Å². The molecule has 0 spiro atoms. The van der Waals surface area contributed by atoms with Crippen LogP contribution in [0.15, 0.2) is 24.3 Å². The van der Waals surface area contributed by atoms with Crippen molar-refractivity contribution >= 4 is 27.5 Å². The molecular weight excluding hydrogens is 708 g/mol. The number of likely N-dealkylation sites (tertiary alicyclic amines) is 1. The van der Waals surface area contributed by atoms with E-state index in [2.05, 4.69) is 22.7 Å². The summed E-state index contributed by atoms with van der Waals surface area (Å²) in [5.41, 5.74) is -1.79. The minimum Gasteiger partial charge on any atom is -0.508 e. The summed E-state index contributed by atoms with van der Waals surface area (Å²) in [6.45, 7) is 7.15. The van der Waals surface area contributed by atoms with E-state index in [0.717, 1.165) is 58.0 Å². The number of β-amino-alcohol motifs (C(OH)–C–C–N with tert-alkyl or cyclic N) is 1. The average molecular weight is 758 g/mol. The van der Waals surface area contributed by atoms with E-state index in [4.69, 9.17) is 35.3 Å². The lowest BCUT2D eigenvalue weighted by Crippen LogP contribution is -2.55. The van der Waals surface area contributed by atoms with E-state index in [1.807, 2.05) is 4.90 Å². The van der Waals surface area contributed by atoms with Crippen LogP contribution in [-0.2, 0) is 9.47 Å². The number of rotatable bonds is 9. The van der Waals surface area contributed by atoms with Crippen molar-refractivity contribution in [2.24, 2.45) is 11.3 Å². The first-order valence-electron chi connectivity index (χ1n) is 19.2. The van der Waals surface area contributed by atoms with Gasteiger partial charge in [0.05, 0.1) is 44.6 Å². The van der Waals surface area contributed by atoms with Gasteiger partial charge < -0.3 is 34.1 Å². The molecule has 2 saturated carbocycles. The summed E-state index contributed by atoms with van der Waals surface area (Å²) in [6, 6.07) is 5.74. The molecule has 0 radical (unpaired) electrons. The van der Waals surface area contributed by atoms with Crippen molar-refractivity contribution in [1.29, 1.82) is 0 Å². The van der Waals surface area contributed by atoms with E-state index in [1.54, 1.807) is 14.0 Å². The monoisotopic (exact) mass is 757 g/mol. The van der Waals surface area contributed by atoms with Crippen molar-refractivity contribution in [3.63, 3.8) is 0 Å². The van der Waals surface area contributed by atoms with E-state index in [1.165, 1.54) is 31.4 Å². The zero-order chi connectivity index (χ0) is 38.7. The van der Waals surface area contributed by atoms with Crippen LogP contribution >= 0.6 is 0 Å². The summed E-state index contributed by atoms with van der Waals surface area (Å²) in [6.07, 6.45) is 13.1. The predicted molar refractivity (Wildman–Crippen MR) is 205 cm³/mol. The standard InChI is InChI=1S/C42H49F2N5O6/c1-6-28-30(43)11-10-26-17-27(50)18-29(32(26)28)35-34(44)36-33(38(45-35)52-4)37(49-15-16-54-23-40(2,51)22-49)47-39(46-36)55-24-42-12-7-9-31(42)48(14-8-13-42)21-25-19-41(3,20-25)53-5/h1,10-11,17-18,25,31,50-51H,7-9,12-16,19-24H2,2-5H3. The summed E-state index contributed by atoms with van der Waals surface area (Å²) < 4.78 is 56.3. The zero-order valence-electron chi connectivity index (χ0n) is 32.0. The molecule has 0 amide bonds. The van der Waals surface area contributed by atoms with Crippen molar-refractivity contribution in [2.45, 2.75) is 76.0 Å². The predicted octanol–water partition coefficient (Wildman–Crippen LogP) is 6.23. The van der Waals surface area contributed by atoms with Crippen LogP contribution in [0.5, 0.6) is 17.6 Å². The van der Waals surface area contributed by atoms with Crippen LogP contribution in [0.4, 0.5) is 14.6 Å². The number of fused-ring (bicyclic) bond motifs is 3. The normalized spacial score (nSPS) is 28.4. The van der Waals surface area contributed by atoms with Gasteiger partial charge in [0.1, 0.15) is 39.6 Å². The van der Waals surface area contributed by atoms with E-state index < -0.39 is 17.2 Å². The minimum absolute atomic E-state index is 0.00847. The maximum atomic E-state index is 17.3. The number of ether oxygens (including phenoxy) is 4. The second-order valence-corrected chi connectivity index (χ2v) is 16.6. The van der Waals surface area contributed by atoms with E-state index >= 15 is 8.78 Å². The van der Waals surface area contributed by atoms with Crippen LogP contribution in [0.25, 0.3) is 32.9 Å². The number of hydrogen-bond acceptors (Lipinski definition) is 11. The minimum atomic E-state index is -1.24. The molecule has 4 fully saturated rings. The number of phenols is 1. The molecule has 2 N–H and O–H groups in total. The molecule has 4 aromatic rings.